The van der Waals surface area contributed by atoms with E-state index in [1.165, 1.54) is 12.8 Å². The number of hydrogen-bond acceptors (Lipinski definition) is 4. The molecule has 0 bridgehead atoms. The minimum Gasteiger partial charge on any atom is -0.496 e. The van der Waals surface area contributed by atoms with Gasteiger partial charge in [0.2, 0.25) is 5.91 Å². The smallest absolute Gasteiger partial charge is 0.254 e. The standard InChI is InChI=1S/C23H29N3O3.ClH/c1-29-21-9-8-19(17-4-2-3-5-18(17)21)23(28)26-12-10-16(11-13-26)22(27)25-14-20(24)15-6-7-15;/h2-5,8-9,15-16,20H,6-7,10-14,24H2,1H3,(H,25,27);1H. The molecule has 1 aliphatic heterocycles. The maximum Gasteiger partial charge on any atom is 0.254 e. The van der Waals surface area contributed by atoms with Gasteiger partial charge in [0.1, 0.15) is 5.75 Å². The van der Waals surface area contributed by atoms with E-state index in [9.17, 15) is 9.59 Å². The summed E-state index contributed by atoms with van der Waals surface area (Å²) in [5.41, 5.74) is 6.75. The van der Waals surface area contributed by atoms with Crippen LogP contribution in [0.4, 0.5) is 0 Å². The van der Waals surface area contributed by atoms with Crippen molar-refractivity contribution in [1.29, 1.82) is 0 Å². The number of amides is 2. The number of rotatable bonds is 6. The second-order valence-corrected chi connectivity index (χ2v) is 8.17. The number of benzene rings is 2. The maximum absolute atomic E-state index is 13.2. The number of carbonyl (C=O) groups excluding carboxylic acids is 2. The maximum atomic E-state index is 13.2. The van der Waals surface area contributed by atoms with Crippen LogP contribution >= 0.6 is 12.4 Å². The highest BCUT2D eigenvalue weighted by atomic mass is 35.5. The molecule has 0 radical (unpaired) electrons. The van der Waals surface area contributed by atoms with Gasteiger partial charge in [0.15, 0.2) is 0 Å². The topological polar surface area (TPSA) is 84.7 Å². The van der Waals surface area contributed by atoms with Crippen LogP contribution in [0.25, 0.3) is 10.8 Å². The van der Waals surface area contributed by atoms with Crippen molar-refractivity contribution in [2.75, 3.05) is 26.7 Å². The SMILES string of the molecule is COc1ccc(C(=O)N2CCC(C(=O)NCC(N)C3CC3)CC2)c2ccccc12.Cl. The van der Waals surface area contributed by atoms with Gasteiger partial charge in [0.05, 0.1) is 7.11 Å². The van der Waals surface area contributed by atoms with Crippen molar-refractivity contribution in [3.8, 4) is 5.75 Å². The Bertz CT molecular complexity index is 908. The number of nitrogens with zero attached hydrogens (tertiary/aromatic N) is 1. The Morgan fingerprint density at radius 2 is 1.77 bits per heavy atom. The van der Waals surface area contributed by atoms with Crippen LogP contribution in [0.5, 0.6) is 5.75 Å². The second kappa shape index (κ2) is 9.67. The molecule has 2 aliphatic rings. The van der Waals surface area contributed by atoms with Gasteiger partial charge < -0.3 is 20.7 Å². The first-order chi connectivity index (χ1) is 14.1. The molecule has 2 aromatic rings. The Morgan fingerprint density at radius 3 is 2.40 bits per heavy atom. The lowest BCUT2D eigenvalue weighted by Gasteiger charge is -2.32. The van der Waals surface area contributed by atoms with E-state index in [1.54, 1.807) is 7.11 Å². The molecule has 1 saturated carbocycles. The highest BCUT2D eigenvalue weighted by molar-refractivity contribution is 6.08. The normalized spacial score (nSPS) is 17.9. The van der Waals surface area contributed by atoms with Gasteiger partial charge in [-0.2, -0.15) is 0 Å². The molecule has 1 atom stereocenters. The van der Waals surface area contributed by atoms with Crippen molar-refractivity contribution in [3.63, 3.8) is 0 Å². The first-order valence-electron chi connectivity index (χ1n) is 10.5. The van der Waals surface area contributed by atoms with Crippen LogP contribution in [0.15, 0.2) is 36.4 Å². The summed E-state index contributed by atoms with van der Waals surface area (Å²) in [6.07, 6.45) is 3.73. The summed E-state index contributed by atoms with van der Waals surface area (Å²) in [5, 5.41) is 4.83. The Hall–Kier alpha value is -2.31. The van der Waals surface area contributed by atoms with Crippen molar-refractivity contribution in [3.05, 3.63) is 42.0 Å². The molecule has 4 rings (SSSR count). The fraction of sp³-hybridized carbons (Fsp3) is 0.478. The van der Waals surface area contributed by atoms with E-state index >= 15 is 0 Å². The van der Waals surface area contributed by atoms with Crippen LogP contribution in [0.3, 0.4) is 0 Å². The van der Waals surface area contributed by atoms with E-state index in [1.807, 2.05) is 41.3 Å². The van der Waals surface area contributed by atoms with E-state index in [0.717, 1.165) is 16.5 Å². The summed E-state index contributed by atoms with van der Waals surface area (Å²) in [6.45, 7) is 1.73. The van der Waals surface area contributed by atoms with Crippen molar-refractivity contribution < 1.29 is 14.3 Å². The third-order valence-corrected chi connectivity index (χ3v) is 6.23. The van der Waals surface area contributed by atoms with Gasteiger partial charge in [0.25, 0.3) is 5.91 Å². The molecule has 6 nitrogen and oxygen atoms in total. The van der Waals surface area contributed by atoms with Gasteiger partial charge in [0, 0.05) is 42.5 Å². The van der Waals surface area contributed by atoms with Gasteiger partial charge in [-0.15, -0.1) is 12.4 Å². The van der Waals surface area contributed by atoms with E-state index in [0.29, 0.717) is 44.0 Å². The van der Waals surface area contributed by atoms with Crippen molar-refractivity contribution in [2.45, 2.75) is 31.7 Å². The van der Waals surface area contributed by atoms with E-state index in [4.69, 9.17) is 10.5 Å². The van der Waals surface area contributed by atoms with E-state index < -0.39 is 0 Å². The fourth-order valence-corrected chi connectivity index (χ4v) is 4.20. The molecule has 0 aromatic heterocycles. The zero-order valence-electron chi connectivity index (χ0n) is 17.3. The molecule has 7 heteroatoms. The Balaban J connectivity index is 0.00000256. The van der Waals surface area contributed by atoms with Crippen LogP contribution in [0.1, 0.15) is 36.0 Å². The minimum absolute atomic E-state index is 0. The second-order valence-electron chi connectivity index (χ2n) is 8.17. The van der Waals surface area contributed by atoms with Gasteiger partial charge in [-0.3, -0.25) is 9.59 Å². The molecule has 162 valence electrons. The zero-order chi connectivity index (χ0) is 20.4. The molecule has 2 aromatic carbocycles. The number of nitrogens with one attached hydrogen (secondary N) is 1. The van der Waals surface area contributed by atoms with Crippen LogP contribution in [-0.2, 0) is 4.79 Å². The van der Waals surface area contributed by atoms with E-state index in [2.05, 4.69) is 5.32 Å². The third-order valence-electron chi connectivity index (χ3n) is 6.23. The number of nitrogens with two attached hydrogens (primary N) is 1. The summed E-state index contributed by atoms with van der Waals surface area (Å²) in [5.74, 6) is 1.38. The van der Waals surface area contributed by atoms with Crippen molar-refractivity contribution in [1.82, 2.24) is 10.2 Å². The number of methoxy groups -OCH3 is 1. The highest BCUT2D eigenvalue weighted by Gasteiger charge is 2.31. The lowest BCUT2D eigenvalue weighted by molar-refractivity contribution is -0.126. The molecule has 1 heterocycles. The number of halogens is 1. The number of hydrogen-bond donors (Lipinski definition) is 2. The molecule has 1 saturated heterocycles. The number of ether oxygens (including phenoxy) is 1. The Labute approximate surface area is 183 Å². The van der Waals surface area contributed by atoms with Gasteiger partial charge in [-0.25, -0.2) is 0 Å². The average molecular weight is 432 g/mol. The van der Waals surface area contributed by atoms with E-state index in [-0.39, 0.29) is 36.2 Å². The first-order valence-corrected chi connectivity index (χ1v) is 10.5. The summed E-state index contributed by atoms with van der Waals surface area (Å²) in [6, 6.07) is 11.5. The van der Waals surface area contributed by atoms with Crippen molar-refractivity contribution in [2.24, 2.45) is 17.6 Å². The molecule has 30 heavy (non-hydrogen) atoms. The molecule has 0 spiro atoms. The van der Waals surface area contributed by atoms with Crippen LogP contribution in [-0.4, -0.2) is 49.5 Å². The third kappa shape index (κ3) is 4.71. The molecule has 2 fully saturated rings. The molecule has 2 amide bonds. The number of piperidine rings is 1. The summed E-state index contributed by atoms with van der Waals surface area (Å²) in [4.78, 5) is 27.5. The Morgan fingerprint density at radius 1 is 1.10 bits per heavy atom. The lowest BCUT2D eigenvalue weighted by atomic mass is 9.94. The fourth-order valence-electron chi connectivity index (χ4n) is 4.20. The molecule has 1 aliphatic carbocycles. The summed E-state index contributed by atoms with van der Waals surface area (Å²) >= 11 is 0. The van der Waals surface area contributed by atoms with Crippen molar-refractivity contribution >= 4 is 35.0 Å². The molecule has 3 N–H and O–H groups in total. The predicted molar refractivity (Wildman–Crippen MR) is 120 cm³/mol. The minimum atomic E-state index is -0.0435. The van der Waals surface area contributed by atoms with Crippen LogP contribution in [0.2, 0.25) is 0 Å². The number of fused-ring (bicyclic) bond motifs is 1. The molecular weight excluding hydrogens is 402 g/mol. The number of carbonyl (C=O) groups is 2. The quantitative estimate of drug-likeness (QED) is 0.736. The van der Waals surface area contributed by atoms with Crippen LogP contribution in [0, 0.1) is 11.8 Å². The highest BCUT2D eigenvalue weighted by Crippen LogP contribution is 2.32. The molecule has 1 unspecified atom stereocenters. The summed E-state index contributed by atoms with van der Waals surface area (Å²) < 4.78 is 5.43. The summed E-state index contributed by atoms with van der Waals surface area (Å²) in [7, 11) is 1.64. The van der Waals surface area contributed by atoms with Crippen LogP contribution < -0.4 is 15.8 Å². The lowest BCUT2D eigenvalue weighted by Crippen LogP contribution is -2.45. The Kier molecular flexibility index (Phi) is 7.21. The van der Waals surface area contributed by atoms with Gasteiger partial charge in [-0.05, 0) is 49.1 Å². The number of likely N-dealkylation sites (tertiary alicyclic amines) is 1. The van der Waals surface area contributed by atoms with Gasteiger partial charge >= 0.3 is 0 Å². The average Bonchev–Trinajstić information content (AvgIpc) is 3.61. The largest absolute Gasteiger partial charge is 0.496 e. The predicted octanol–water partition coefficient (Wildman–Crippen LogP) is 2.98. The monoisotopic (exact) mass is 431 g/mol. The zero-order valence-corrected chi connectivity index (χ0v) is 18.1. The first kappa shape index (κ1) is 22.4. The molecular formula is C23H30ClN3O3. The van der Waals surface area contributed by atoms with Gasteiger partial charge in [-0.1, -0.05) is 24.3 Å².